The van der Waals surface area contributed by atoms with Crippen molar-refractivity contribution in [2.24, 2.45) is 0 Å². The number of aliphatic hydroxyl groups excluding tert-OH is 2. The number of phosphoric acid groups is 1. The molecule has 0 aliphatic carbocycles. The second-order valence-corrected chi connectivity index (χ2v) is 9.87. The van der Waals surface area contributed by atoms with E-state index in [4.69, 9.17) is 20.3 Å². The Kier molecular flexibility index (Phi) is 7.35. The van der Waals surface area contributed by atoms with Crippen LogP contribution in [0.25, 0.3) is 11.2 Å². The lowest BCUT2D eigenvalue weighted by molar-refractivity contribution is -0.384. The third-order valence-electron chi connectivity index (χ3n) is 5.22. The molecule has 1 fully saturated rings. The van der Waals surface area contributed by atoms with Crippen molar-refractivity contribution in [1.29, 1.82) is 0 Å². The second kappa shape index (κ2) is 10.1. The van der Waals surface area contributed by atoms with Crippen molar-refractivity contribution in [3.05, 3.63) is 46.3 Å². The first-order chi connectivity index (χ1) is 16.5. The highest BCUT2D eigenvalue weighted by Gasteiger charge is 2.45. The van der Waals surface area contributed by atoms with Crippen LogP contribution in [0.2, 0.25) is 0 Å². The Morgan fingerprint density at radius 1 is 1.23 bits per heavy atom. The first kappa shape index (κ1) is 25.4. The maximum absolute atomic E-state index is 11.0. The highest BCUT2D eigenvalue weighted by atomic mass is 32.2. The number of hydrogen-bond acceptors (Lipinski definition) is 12. The van der Waals surface area contributed by atoms with E-state index in [1.807, 2.05) is 0 Å². The first-order valence-electron chi connectivity index (χ1n) is 10.1. The molecule has 1 aliphatic heterocycles. The van der Waals surface area contributed by atoms with Crippen molar-refractivity contribution in [2.45, 2.75) is 36.1 Å². The maximum Gasteiger partial charge on any atom is 0.469 e. The van der Waals surface area contributed by atoms with Gasteiger partial charge in [-0.25, -0.2) is 19.5 Å². The molecule has 15 nitrogen and oxygen atoms in total. The number of ether oxygens (including phenoxy) is 1. The highest BCUT2D eigenvalue weighted by Crippen LogP contribution is 2.39. The van der Waals surface area contributed by atoms with Crippen molar-refractivity contribution >= 4 is 42.3 Å². The fourth-order valence-electron chi connectivity index (χ4n) is 3.48. The number of benzene rings is 1. The van der Waals surface area contributed by atoms with Crippen molar-refractivity contribution in [3.8, 4) is 0 Å². The number of imidazole rings is 1. The number of anilines is 1. The largest absolute Gasteiger partial charge is 0.469 e. The number of nitro benzene ring substituents is 1. The number of rotatable bonds is 9. The van der Waals surface area contributed by atoms with Crippen LogP contribution in [0.15, 0.2) is 35.7 Å². The van der Waals surface area contributed by atoms with E-state index in [1.165, 1.54) is 34.8 Å². The zero-order valence-electron chi connectivity index (χ0n) is 17.8. The summed E-state index contributed by atoms with van der Waals surface area (Å²) in [5.41, 5.74) is 7.38. The molecule has 1 aromatic carbocycles. The summed E-state index contributed by atoms with van der Waals surface area (Å²) in [5, 5.41) is 31.8. The van der Waals surface area contributed by atoms with Crippen LogP contribution < -0.4 is 5.73 Å². The van der Waals surface area contributed by atoms with E-state index in [0.717, 1.165) is 5.56 Å². The van der Waals surface area contributed by atoms with Gasteiger partial charge in [0, 0.05) is 17.9 Å². The minimum absolute atomic E-state index is 0.00759. The van der Waals surface area contributed by atoms with Gasteiger partial charge in [-0.2, -0.15) is 0 Å². The number of fused-ring (bicyclic) bond motifs is 1. The second-order valence-electron chi connectivity index (χ2n) is 7.57. The summed E-state index contributed by atoms with van der Waals surface area (Å²) in [6.45, 7) is -0.646. The number of nitrogens with zero attached hydrogens (tertiary/aromatic N) is 5. The predicted octanol–water partition coefficient (Wildman–Crippen LogP) is 0.380. The van der Waals surface area contributed by atoms with Crippen molar-refractivity contribution in [2.75, 3.05) is 18.1 Å². The normalized spacial score (nSPS) is 22.6. The van der Waals surface area contributed by atoms with Crippen LogP contribution in [0.4, 0.5) is 11.5 Å². The molecular formula is C18H21N6O9PS. The van der Waals surface area contributed by atoms with Gasteiger partial charge in [0.1, 0.15) is 23.8 Å². The third-order valence-corrected chi connectivity index (χ3v) is 6.55. The molecular weight excluding hydrogens is 507 g/mol. The average Bonchev–Trinajstić information content (AvgIpc) is 3.34. The van der Waals surface area contributed by atoms with Gasteiger partial charge in [-0.15, -0.1) is 0 Å². The lowest BCUT2D eigenvalue weighted by Crippen LogP contribution is -2.33. The molecule has 3 heterocycles. The number of nitro groups is 1. The van der Waals surface area contributed by atoms with Crippen molar-refractivity contribution < 1.29 is 38.7 Å². The Hall–Kier alpha value is -2.69. The lowest BCUT2D eigenvalue weighted by atomic mass is 10.1. The van der Waals surface area contributed by atoms with Gasteiger partial charge in [-0.05, 0) is 12.0 Å². The Labute approximate surface area is 201 Å². The molecule has 0 bridgehead atoms. The van der Waals surface area contributed by atoms with Crippen LogP contribution in [0.3, 0.4) is 0 Å². The van der Waals surface area contributed by atoms with Crippen molar-refractivity contribution in [3.63, 3.8) is 0 Å². The summed E-state index contributed by atoms with van der Waals surface area (Å²) in [5.74, 6) is 0.626. The summed E-state index contributed by atoms with van der Waals surface area (Å²) in [7, 11) is -4.80. The number of nitrogen functional groups attached to an aromatic ring is 1. The van der Waals surface area contributed by atoms with Crippen molar-refractivity contribution in [1.82, 2.24) is 19.5 Å². The minimum Gasteiger partial charge on any atom is -0.387 e. The van der Waals surface area contributed by atoms with E-state index in [9.17, 15) is 24.9 Å². The molecule has 2 aromatic heterocycles. The van der Waals surface area contributed by atoms with Crippen LogP contribution in [0.1, 0.15) is 11.8 Å². The lowest BCUT2D eigenvalue weighted by Gasteiger charge is -2.17. The van der Waals surface area contributed by atoms with Gasteiger partial charge >= 0.3 is 7.82 Å². The number of thioether (sulfide) groups is 1. The molecule has 3 aromatic rings. The van der Waals surface area contributed by atoms with Crippen LogP contribution in [-0.4, -0.2) is 75.1 Å². The van der Waals surface area contributed by atoms with E-state index < -0.39 is 43.9 Å². The number of aryl methyl sites for hydroxylation is 1. The smallest absolute Gasteiger partial charge is 0.387 e. The Morgan fingerprint density at radius 3 is 2.60 bits per heavy atom. The van der Waals surface area contributed by atoms with E-state index in [-0.39, 0.29) is 22.7 Å². The monoisotopic (exact) mass is 528 g/mol. The quantitative estimate of drug-likeness (QED) is 0.0831. The summed E-state index contributed by atoms with van der Waals surface area (Å²) in [6, 6.07) is 6.20. The Bertz CT molecular complexity index is 1270. The molecule has 1 aliphatic rings. The number of non-ortho nitro benzene ring substituents is 1. The summed E-state index contributed by atoms with van der Waals surface area (Å²) >= 11 is 1.29. The molecule has 0 radical (unpaired) electrons. The molecule has 0 spiro atoms. The first-order valence-corrected chi connectivity index (χ1v) is 12.6. The number of aromatic nitrogens is 4. The van der Waals surface area contributed by atoms with E-state index in [2.05, 4.69) is 19.5 Å². The molecule has 6 N–H and O–H groups in total. The number of aliphatic hydroxyl groups is 2. The molecule has 0 saturated carbocycles. The number of nitrogens with two attached hydrogens (primary N) is 1. The Morgan fingerprint density at radius 2 is 1.94 bits per heavy atom. The number of hydrogen-bond donors (Lipinski definition) is 5. The number of phosphoric ester groups is 1. The average molecular weight is 528 g/mol. The zero-order chi connectivity index (χ0) is 25.3. The molecule has 4 atom stereocenters. The SMILES string of the molecule is Nc1nc(SCCc2ccc([N+](=O)[O-])cc2)nc2c1ncn2C1O[C@H](COP(=O)(O)O)[C@@H](O)[C@H]1O. The van der Waals surface area contributed by atoms with Gasteiger partial charge in [0.2, 0.25) is 0 Å². The van der Waals surface area contributed by atoms with Gasteiger partial charge < -0.3 is 30.5 Å². The summed E-state index contributed by atoms with van der Waals surface area (Å²) in [6.07, 6.45) is -3.46. The predicted molar refractivity (Wildman–Crippen MR) is 121 cm³/mol. The van der Waals surface area contributed by atoms with Gasteiger partial charge in [0.15, 0.2) is 22.8 Å². The van der Waals surface area contributed by atoms with Crippen LogP contribution in [0, 0.1) is 10.1 Å². The van der Waals surface area contributed by atoms with Crippen LogP contribution in [0.5, 0.6) is 0 Å². The molecule has 35 heavy (non-hydrogen) atoms. The molecule has 0 amide bonds. The zero-order valence-corrected chi connectivity index (χ0v) is 19.5. The third kappa shape index (κ3) is 5.76. The van der Waals surface area contributed by atoms with E-state index in [1.54, 1.807) is 12.1 Å². The molecule has 1 saturated heterocycles. The van der Waals surface area contributed by atoms with Crippen LogP contribution in [-0.2, 0) is 20.2 Å². The topological polar surface area (TPSA) is 229 Å². The van der Waals surface area contributed by atoms with Crippen LogP contribution >= 0.6 is 19.6 Å². The fourth-order valence-corrected chi connectivity index (χ4v) is 4.66. The van der Waals surface area contributed by atoms with E-state index in [0.29, 0.717) is 17.3 Å². The fraction of sp³-hybridized carbons (Fsp3) is 0.389. The van der Waals surface area contributed by atoms with Gasteiger partial charge in [0.05, 0.1) is 17.9 Å². The van der Waals surface area contributed by atoms with Gasteiger partial charge in [-0.1, -0.05) is 23.9 Å². The Balaban J connectivity index is 1.48. The minimum atomic E-state index is -4.80. The summed E-state index contributed by atoms with van der Waals surface area (Å²) < 4.78 is 22.3. The van der Waals surface area contributed by atoms with Gasteiger partial charge in [0.25, 0.3) is 5.69 Å². The standard InChI is InChI=1S/C18H21N6O9PS/c19-15-12-16(22-18(21-15)35-6-5-9-1-3-10(4-2-9)24(27)28)23(8-20-12)17-14(26)13(25)11(33-17)7-32-34(29,30)31/h1-4,8,11,13-14,17,25-26H,5-7H2,(H2,19,21,22)(H2,29,30,31)/t11-,13-,14-,17?/m1/s1. The summed E-state index contributed by atoms with van der Waals surface area (Å²) in [4.78, 5) is 40.8. The molecule has 1 unspecified atom stereocenters. The maximum atomic E-state index is 11.0. The molecule has 17 heteroatoms. The molecule has 4 rings (SSSR count). The molecule has 188 valence electrons. The van der Waals surface area contributed by atoms with Gasteiger partial charge in [-0.3, -0.25) is 19.2 Å². The highest BCUT2D eigenvalue weighted by molar-refractivity contribution is 7.99. The van der Waals surface area contributed by atoms with E-state index >= 15 is 0 Å².